The van der Waals surface area contributed by atoms with Crippen molar-refractivity contribution in [1.29, 1.82) is 0 Å². The van der Waals surface area contributed by atoms with Gasteiger partial charge in [-0.2, -0.15) is 13.2 Å². The molecule has 0 saturated carbocycles. The minimum atomic E-state index is -4.55. The molecule has 0 bridgehead atoms. The highest BCUT2D eigenvalue weighted by Crippen LogP contribution is 2.33. The van der Waals surface area contributed by atoms with Crippen LogP contribution >= 0.6 is 0 Å². The van der Waals surface area contributed by atoms with Crippen molar-refractivity contribution in [1.82, 2.24) is 30.0 Å². The first-order valence-corrected chi connectivity index (χ1v) is 13.2. The Balaban J connectivity index is 1.56. The lowest BCUT2D eigenvalue weighted by molar-refractivity contribution is -0.137. The normalized spacial score (nSPS) is 12.8. The number of pyridine rings is 1. The first-order valence-electron chi connectivity index (χ1n) is 13.2. The summed E-state index contributed by atoms with van der Waals surface area (Å²) in [6, 6.07) is 9.78. The van der Waals surface area contributed by atoms with Gasteiger partial charge in [0.2, 0.25) is 17.6 Å². The van der Waals surface area contributed by atoms with Crippen LogP contribution in [-0.2, 0) is 22.9 Å². The highest BCUT2D eigenvalue weighted by Gasteiger charge is 2.36. The molecular weight excluding hydrogens is 567 g/mol. The number of hydrogen-bond acceptors (Lipinski definition) is 9. The Kier molecular flexibility index (Phi) is 8.51. The van der Waals surface area contributed by atoms with Crippen LogP contribution in [0.4, 0.5) is 18.9 Å². The molecule has 3 heterocycles. The van der Waals surface area contributed by atoms with E-state index in [-0.39, 0.29) is 23.1 Å². The third-order valence-corrected chi connectivity index (χ3v) is 6.90. The molecule has 0 aliphatic carbocycles. The Morgan fingerprint density at radius 1 is 1.07 bits per heavy atom. The number of nitrogens with one attached hydrogen (secondary N) is 1. The second kappa shape index (κ2) is 11.8. The first kappa shape index (κ1) is 31.1. The zero-order chi connectivity index (χ0) is 31.7. The van der Waals surface area contributed by atoms with Crippen molar-refractivity contribution in [3.8, 4) is 11.4 Å². The molecule has 0 radical (unpaired) electrons. The second-order valence-electron chi connectivity index (χ2n) is 10.8. The lowest BCUT2D eigenvalue weighted by atomic mass is 9.88. The Hall–Kier alpha value is -4.88. The molecule has 0 aliphatic rings. The van der Waals surface area contributed by atoms with E-state index in [4.69, 9.17) is 10.2 Å². The molecule has 1 amide bonds. The molecule has 3 aromatic heterocycles. The summed E-state index contributed by atoms with van der Waals surface area (Å²) in [4.78, 5) is 48.0. The van der Waals surface area contributed by atoms with Gasteiger partial charge < -0.3 is 15.5 Å². The van der Waals surface area contributed by atoms with E-state index in [0.717, 1.165) is 10.6 Å². The molecule has 1 aromatic carbocycles. The number of hydrogen-bond donors (Lipinski definition) is 2. The number of aromatic nitrogens is 5. The zero-order valence-electron chi connectivity index (χ0n) is 24.1. The maximum absolute atomic E-state index is 13.4. The average Bonchev–Trinajstić information content (AvgIpc) is 3.47. The quantitative estimate of drug-likeness (QED) is 0.273. The monoisotopic (exact) mass is 597 g/mol. The maximum Gasteiger partial charge on any atom is 0.417 e. The number of alkyl halides is 3. The summed E-state index contributed by atoms with van der Waals surface area (Å²) >= 11 is 0. The van der Waals surface area contributed by atoms with Gasteiger partial charge in [0.05, 0.1) is 28.4 Å². The molecule has 43 heavy (non-hydrogen) atoms. The van der Waals surface area contributed by atoms with E-state index in [9.17, 15) is 27.6 Å². The van der Waals surface area contributed by atoms with Crippen LogP contribution in [-0.4, -0.2) is 42.5 Å². The third-order valence-electron chi connectivity index (χ3n) is 6.90. The van der Waals surface area contributed by atoms with Gasteiger partial charge in [-0.3, -0.25) is 23.9 Å². The molecule has 14 heteroatoms. The van der Waals surface area contributed by atoms with Crippen LogP contribution in [0.3, 0.4) is 0 Å². The van der Waals surface area contributed by atoms with Gasteiger partial charge in [-0.15, -0.1) is 10.2 Å². The molecule has 0 saturated heterocycles. The summed E-state index contributed by atoms with van der Waals surface area (Å²) in [6.07, 6.45) is -3.84. The number of anilines is 1. The third kappa shape index (κ3) is 6.47. The highest BCUT2D eigenvalue weighted by atomic mass is 19.4. The van der Waals surface area contributed by atoms with Crippen LogP contribution in [0.15, 0.2) is 57.9 Å². The number of carbonyl (C=O) groups is 2. The lowest BCUT2D eigenvalue weighted by Gasteiger charge is -2.21. The predicted octanol–water partition coefficient (Wildman–Crippen LogP) is 3.95. The van der Waals surface area contributed by atoms with Crippen LogP contribution in [0, 0.1) is 12.8 Å². The molecule has 0 aliphatic heterocycles. The number of carbonyl (C=O) groups excluding carboxylic acids is 2. The number of halogens is 3. The number of nitrogen functional groups attached to an aromatic ring is 1. The average molecular weight is 598 g/mol. The van der Waals surface area contributed by atoms with E-state index in [1.54, 1.807) is 65.0 Å². The predicted molar refractivity (Wildman–Crippen MR) is 150 cm³/mol. The van der Waals surface area contributed by atoms with Crippen LogP contribution < -0.4 is 16.6 Å². The van der Waals surface area contributed by atoms with Crippen molar-refractivity contribution in [2.75, 3.05) is 5.73 Å². The van der Waals surface area contributed by atoms with E-state index in [1.807, 2.05) is 0 Å². The Labute approximate surface area is 244 Å². The molecule has 4 aromatic rings. The lowest BCUT2D eigenvalue weighted by Crippen LogP contribution is -2.46. The fourth-order valence-corrected chi connectivity index (χ4v) is 4.28. The van der Waals surface area contributed by atoms with Gasteiger partial charge in [0.25, 0.3) is 11.4 Å². The van der Waals surface area contributed by atoms with Gasteiger partial charge in [0.1, 0.15) is 18.1 Å². The number of nitrogens with zero attached hydrogens (tertiary/aromatic N) is 5. The number of ketones is 1. The van der Waals surface area contributed by atoms with Crippen molar-refractivity contribution in [2.45, 2.75) is 58.8 Å². The summed E-state index contributed by atoms with van der Waals surface area (Å²) in [5, 5.41) is 10.4. The Bertz CT molecular complexity index is 1700. The summed E-state index contributed by atoms with van der Waals surface area (Å²) < 4.78 is 45.7. The molecule has 0 unspecified atom stereocenters. The molecule has 226 valence electrons. The van der Waals surface area contributed by atoms with E-state index in [1.165, 1.54) is 6.07 Å². The zero-order valence-corrected chi connectivity index (χ0v) is 24.1. The maximum atomic E-state index is 13.4. The highest BCUT2D eigenvalue weighted by molar-refractivity contribution is 5.98. The van der Waals surface area contributed by atoms with Gasteiger partial charge in [-0.1, -0.05) is 44.2 Å². The van der Waals surface area contributed by atoms with Crippen molar-refractivity contribution in [2.24, 2.45) is 5.92 Å². The SMILES string of the molecule is Cc1nc(-c2ccccc2)n(CC(=O)N[C@H](C(=O)c2nnc(C(C)(C)c3ccc(C(F)(F)F)cn3)o2)C(C)C)c(=O)c1N. The van der Waals surface area contributed by atoms with Crippen LogP contribution in [0.5, 0.6) is 0 Å². The summed E-state index contributed by atoms with van der Waals surface area (Å²) in [5.74, 6) is -2.00. The second-order valence-corrected chi connectivity index (χ2v) is 10.8. The largest absolute Gasteiger partial charge is 0.417 e. The molecule has 1 atom stereocenters. The van der Waals surface area contributed by atoms with Crippen molar-refractivity contribution in [3.05, 3.63) is 87.7 Å². The van der Waals surface area contributed by atoms with E-state index < -0.39 is 58.8 Å². The summed E-state index contributed by atoms with van der Waals surface area (Å²) in [6.45, 7) is 7.73. The van der Waals surface area contributed by atoms with Gasteiger partial charge in [0.15, 0.2) is 0 Å². The topological polar surface area (TPSA) is 159 Å². The van der Waals surface area contributed by atoms with Crippen molar-refractivity contribution >= 4 is 17.4 Å². The van der Waals surface area contributed by atoms with Crippen LogP contribution in [0.25, 0.3) is 11.4 Å². The number of Topliss-reactive ketones (excluding diaryl/α,β-unsaturated/α-hetero) is 1. The molecule has 3 N–H and O–H groups in total. The van der Waals surface area contributed by atoms with E-state index in [2.05, 4.69) is 25.5 Å². The minimum Gasteiger partial charge on any atom is -0.417 e. The number of aryl methyl sites for hydroxylation is 1. The molecular formula is C29H30F3N7O4. The number of rotatable bonds is 9. The Morgan fingerprint density at radius 2 is 1.74 bits per heavy atom. The smallest absolute Gasteiger partial charge is 0.417 e. The van der Waals surface area contributed by atoms with Gasteiger partial charge in [-0.25, -0.2) is 4.98 Å². The first-order chi connectivity index (χ1) is 20.1. The fourth-order valence-electron chi connectivity index (χ4n) is 4.28. The number of amides is 1. The summed E-state index contributed by atoms with van der Waals surface area (Å²) in [7, 11) is 0. The van der Waals surface area contributed by atoms with Crippen molar-refractivity contribution in [3.63, 3.8) is 0 Å². The summed E-state index contributed by atoms with van der Waals surface area (Å²) in [5.41, 5.74) is 4.29. The Morgan fingerprint density at radius 3 is 2.33 bits per heavy atom. The van der Waals surface area contributed by atoms with Crippen molar-refractivity contribution < 1.29 is 27.2 Å². The number of benzene rings is 1. The van der Waals surface area contributed by atoms with Crippen LogP contribution in [0.1, 0.15) is 61.2 Å². The minimum absolute atomic E-state index is 0.0581. The standard InChI is InChI=1S/C29H30F3N7O4/c1-15(2)22(36-20(40)14-39-24(17-9-7-6-8-10-17)35-16(3)21(33)26(39)42)23(41)25-37-38-27(43-25)28(4,5)19-12-11-18(13-34-19)29(30,31)32/h6-13,15,22H,14,33H2,1-5H3,(H,36,40)/t22-/m0/s1. The fraction of sp³-hybridized carbons (Fsp3) is 0.345. The molecule has 0 spiro atoms. The van der Waals surface area contributed by atoms with Gasteiger partial charge in [-0.05, 0) is 38.8 Å². The van der Waals surface area contributed by atoms with E-state index in [0.29, 0.717) is 17.5 Å². The van der Waals surface area contributed by atoms with Gasteiger partial charge in [0, 0.05) is 11.8 Å². The molecule has 0 fully saturated rings. The molecule has 4 rings (SSSR count). The number of nitrogens with two attached hydrogens (primary N) is 1. The van der Waals surface area contributed by atoms with Crippen LogP contribution in [0.2, 0.25) is 0 Å². The van der Waals surface area contributed by atoms with E-state index >= 15 is 0 Å². The van der Waals surface area contributed by atoms with Gasteiger partial charge >= 0.3 is 6.18 Å². The molecule has 11 nitrogen and oxygen atoms in total.